The van der Waals surface area contributed by atoms with Gasteiger partial charge in [-0.25, -0.2) is 0 Å². The van der Waals surface area contributed by atoms with Gasteiger partial charge >= 0.3 is 0 Å². The van der Waals surface area contributed by atoms with Crippen LogP contribution in [0.25, 0.3) is 0 Å². The highest BCUT2D eigenvalue weighted by Crippen LogP contribution is 2.27. The van der Waals surface area contributed by atoms with Crippen molar-refractivity contribution < 1.29 is 30.3 Å². The van der Waals surface area contributed by atoms with Crippen molar-refractivity contribution in [2.24, 2.45) is 0 Å². The van der Waals surface area contributed by atoms with Crippen molar-refractivity contribution >= 4 is 0 Å². The van der Waals surface area contributed by atoms with E-state index in [9.17, 15) is 20.4 Å². The molecular weight excluding hydrogens is 180 g/mol. The Balaban J connectivity index is 2.79. The first-order chi connectivity index (χ1) is 5.90. The van der Waals surface area contributed by atoms with Gasteiger partial charge in [0.1, 0.15) is 24.4 Å². The van der Waals surface area contributed by atoms with Crippen LogP contribution in [0.1, 0.15) is 6.92 Å². The van der Waals surface area contributed by atoms with Crippen LogP contribution in [0.5, 0.6) is 0 Å². The monoisotopic (exact) mass is 194 g/mol. The van der Waals surface area contributed by atoms with Crippen LogP contribution < -0.4 is 0 Å². The van der Waals surface area contributed by atoms with Gasteiger partial charge in [0.15, 0.2) is 5.79 Å². The summed E-state index contributed by atoms with van der Waals surface area (Å²) in [6.07, 6.45) is -5.61. The maximum Gasteiger partial charge on any atom is 0.192 e. The van der Waals surface area contributed by atoms with Gasteiger partial charge in [-0.2, -0.15) is 0 Å². The van der Waals surface area contributed by atoms with E-state index in [0.29, 0.717) is 0 Å². The fourth-order valence-corrected chi connectivity index (χ4v) is 1.31. The minimum absolute atomic E-state index is 0.541. The molecule has 0 amide bonds. The zero-order valence-electron chi connectivity index (χ0n) is 7.16. The minimum Gasteiger partial charge on any atom is -0.394 e. The molecule has 5 atom stereocenters. The van der Waals surface area contributed by atoms with E-state index in [4.69, 9.17) is 9.84 Å². The molecule has 0 radical (unpaired) electrons. The van der Waals surface area contributed by atoms with E-state index in [1.54, 1.807) is 0 Å². The lowest BCUT2D eigenvalue weighted by Gasteiger charge is -2.43. The zero-order valence-corrected chi connectivity index (χ0v) is 7.16. The molecule has 1 saturated heterocycles. The third kappa shape index (κ3) is 1.83. The van der Waals surface area contributed by atoms with Gasteiger partial charge in [-0.05, 0) is 6.92 Å². The number of ether oxygens (including phenoxy) is 1. The van der Waals surface area contributed by atoms with Crippen molar-refractivity contribution in [3.05, 3.63) is 0 Å². The average molecular weight is 194 g/mol. The predicted molar refractivity (Wildman–Crippen MR) is 40.6 cm³/mol. The summed E-state index contributed by atoms with van der Waals surface area (Å²) < 4.78 is 4.76. The molecule has 13 heavy (non-hydrogen) atoms. The van der Waals surface area contributed by atoms with Gasteiger partial charge in [0.05, 0.1) is 6.61 Å². The molecule has 0 bridgehead atoms. The van der Waals surface area contributed by atoms with Crippen LogP contribution in [0.4, 0.5) is 0 Å². The van der Waals surface area contributed by atoms with Gasteiger partial charge in [0.25, 0.3) is 0 Å². The molecule has 6 heteroatoms. The maximum atomic E-state index is 9.38. The highest BCUT2D eigenvalue weighted by Gasteiger charge is 2.49. The quantitative estimate of drug-likeness (QED) is 0.308. The Hall–Kier alpha value is -0.240. The molecule has 0 aromatic rings. The molecule has 1 heterocycles. The average Bonchev–Trinajstić information content (AvgIpc) is 2.08. The lowest BCUT2D eigenvalue weighted by atomic mass is 9.94. The molecule has 0 aliphatic carbocycles. The van der Waals surface area contributed by atoms with Gasteiger partial charge in [-0.1, -0.05) is 0 Å². The fourth-order valence-electron chi connectivity index (χ4n) is 1.31. The van der Waals surface area contributed by atoms with Crippen LogP contribution in [-0.4, -0.2) is 62.3 Å². The van der Waals surface area contributed by atoms with E-state index in [-0.39, 0.29) is 0 Å². The van der Waals surface area contributed by atoms with Crippen LogP contribution in [0.2, 0.25) is 0 Å². The van der Waals surface area contributed by atoms with Crippen molar-refractivity contribution in [1.29, 1.82) is 0 Å². The molecule has 0 aromatic heterocycles. The van der Waals surface area contributed by atoms with Crippen LogP contribution in [0, 0.1) is 0 Å². The standard InChI is InChI=1S/C7H14O6/c1-7(12)6(11)5(10)4(9)3(2-8)13-7/h3-6,8-12H,2H2,1H3/t3-,4-,5-,6-,7+/m1/s1. The third-order valence-electron chi connectivity index (χ3n) is 2.17. The summed E-state index contributed by atoms with van der Waals surface area (Å²) in [6.45, 7) is 0.608. The summed E-state index contributed by atoms with van der Waals surface area (Å²) in [4.78, 5) is 0. The second kappa shape index (κ2) is 3.49. The fraction of sp³-hybridized carbons (Fsp3) is 1.00. The van der Waals surface area contributed by atoms with Gasteiger partial charge in [-0.3, -0.25) is 0 Å². The first kappa shape index (κ1) is 10.8. The number of hydrogen-bond acceptors (Lipinski definition) is 6. The summed E-state index contributed by atoms with van der Waals surface area (Å²) in [6, 6.07) is 0. The molecule has 0 spiro atoms. The zero-order chi connectivity index (χ0) is 10.2. The van der Waals surface area contributed by atoms with E-state index in [1.165, 1.54) is 0 Å². The summed E-state index contributed by atoms with van der Waals surface area (Å²) in [5.41, 5.74) is 0. The first-order valence-electron chi connectivity index (χ1n) is 3.95. The Morgan fingerprint density at radius 2 is 1.77 bits per heavy atom. The first-order valence-corrected chi connectivity index (χ1v) is 3.95. The maximum absolute atomic E-state index is 9.38. The molecule has 1 aliphatic heterocycles. The van der Waals surface area contributed by atoms with Crippen LogP contribution >= 0.6 is 0 Å². The largest absolute Gasteiger partial charge is 0.394 e. The molecule has 1 rings (SSSR count). The van der Waals surface area contributed by atoms with E-state index in [0.717, 1.165) is 6.92 Å². The summed E-state index contributed by atoms with van der Waals surface area (Å²) >= 11 is 0. The Morgan fingerprint density at radius 1 is 1.23 bits per heavy atom. The smallest absolute Gasteiger partial charge is 0.192 e. The topological polar surface area (TPSA) is 110 Å². The highest BCUT2D eigenvalue weighted by atomic mass is 16.7. The number of rotatable bonds is 1. The third-order valence-corrected chi connectivity index (χ3v) is 2.17. The highest BCUT2D eigenvalue weighted by molar-refractivity contribution is 4.93. The lowest BCUT2D eigenvalue weighted by molar-refractivity contribution is -0.341. The van der Waals surface area contributed by atoms with Crippen molar-refractivity contribution in [1.82, 2.24) is 0 Å². The molecular formula is C7H14O6. The van der Waals surface area contributed by atoms with E-state index in [1.807, 2.05) is 0 Å². The molecule has 1 aliphatic rings. The Kier molecular flexibility index (Phi) is 2.91. The summed E-state index contributed by atoms with van der Waals surface area (Å²) in [5, 5.41) is 45.8. The molecule has 6 nitrogen and oxygen atoms in total. The van der Waals surface area contributed by atoms with Crippen LogP contribution in [0.15, 0.2) is 0 Å². The molecule has 0 aromatic carbocycles. The Bertz CT molecular complexity index is 180. The molecule has 0 unspecified atom stereocenters. The van der Waals surface area contributed by atoms with Gasteiger partial charge < -0.3 is 30.3 Å². The second-order valence-electron chi connectivity index (χ2n) is 3.32. The van der Waals surface area contributed by atoms with Gasteiger partial charge in [-0.15, -0.1) is 0 Å². The van der Waals surface area contributed by atoms with Gasteiger partial charge in [0.2, 0.25) is 0 Å². The van der Waals surface area contributed by atoms with Crippen molar-refractivity contribution in [3.8, 4) is 0 Å². The Labute approximate surface area is 75.0 Å². The van der Waals surface area contributed by atoms with Crippen LogP contribution in [-0.2, 0) is 4.74 Å². The predicted octanol–water partition coefficient (Wildman–Crippen LogP) is -2.83. The molecule has 78 valence electrons. The van der Waals surface area contributed by atoms with Crippen molar-refractivity contribution in [2.75, 3.05) is 6.61 Å². The van der Waals surface area contributed by atoms with E-state index < -0.39 is 36.8 Å². The summed E-state index contributed by atoms with van der Waals surface area (Å²) in [7, 11) is 0. The van der Waals surface area contributed by atoms with Gasteiger partial charge in [0, 0.05) is 0 Å². The normalized spacial score (nSPS) is 52.2. The molecule has 0 saturated carbocycles. The lowest BCUT2D eigenvalue weighted by Crippen LogP contribution is -2.63. The molecule has 5 N–H and O–H groups in total. The van der Waals surface area contributed by atoms with Crippen molar-refractivity contribution in [3.63, 3.8) is 0 Å². The number of aliphatic hydroxyl groups is 5. The van der Waals surface area contributed by atoms with E-state index in [2.05, 4.69) is 0 Å². The number of aliphatic hydroxyl groups excluding tert-OH is 4. The Morgan fingerprint density at radius 3 is 2.23 bits per heavy atom. The molecule has 1 fully saturated rings. The van der Waals surface area contributed by atoms with Crippen molar-refractivity contribution in [2.45, 2.75) is 37.1 Å². The summed E-state index contributed by atoms with van der Waals surface area (Å²) in [5.74, 6) is -1.95. The van der Waals surface area contributed by atoms with E-state index >= 15 is 0 Å². The number of hydrogen-bond donors (Lipinski definition) is 5. The SMILES string of the molecule is C[C@]1(O)O[C@H](CO)[C@@H](O)[C@@H](O)[C@H]1O. The van der Waals surface area contributed by atoms with Crippen LogP contribution in [0.3, 0.4) is 0 Å². The second-order valence-corrected chi connectivity index (χ2v) is 3.32. The minimum atomic E-state index is -1.95.